The number of hydrogen-bond donors (Lipinski definition) is 0. The molecule has 5 rings (SSSR count). The van der Waals surface area contributed by atoms with Gasteiger partial charge in [-0.2, -0.15) is 0 Å². The molecule has 0 unspecified atom stereocenters. The summed E-state index contributed by atoms with van der Waals surface area (Å²) in [7, 11) is 0. The molecule has 7 nitrogen and oxygen atoms in total. The van der Waals surface area contributed by atoms with Gasteiger partial charge < -0.3 is 18.9 Å². The molecule has 0 atom stereocenters. The van der Waals surface area contributed by atoms with Crippen molar-refractivity contribution < 1.29 is 23.7 Å². The van der Waals surface area contributed by atoms with E-state index in [9.17, 15) is 4.79 Å². The molecule has 0 aliphatic rings. The molecule has 4 aromatic carbocycles. The van der Waals surface area contributed by atoms with Crippen LogP contribution in [0.25, 0.3) is 6.08 Å². The molecule has 0 radical (unpaired) electrons. The summed E-state index contributed by atoms with van der Waals surface area (Å²) in [5.41, 5.74) is 4.92. The summed E-state index contributed by atoms with van der Waals surface area (Å²) in [6.45, 7) is 3.93. The number of nitrogens with zero attached hydrogens (tertiary/aromatic N) is 2. The van der Waals surface area contributed by atoms with Crippen molar-refractivity contribution in [3.05, 3.63) is 149 Å². The summed E-state index contributed by atoms with van der Waals surface area (Å²) in [4.78, 5) is 12.0. The largest absolute Gasteiger partial charge is 0.489 e. The maximum absolute atomic E-state index is 12.0. The zero-order valence-corrected chi connectivity index (χ0v) is 24.1. The van der Waals surface area contributed by atoms with Gasteiger partial charge in [-0.15, -0.1) is 5.10 Å². The third-order valence-corrected chi connectivity index (χ3v) is 6.50. The van der Waals surface area contributed by atoms with E-state index in [2.05, 4.69) is 5.10 Å². The minimum atomic E-state index is -0.418. The number of hydrogen-bond acceptors (Lipinski definition) is 6. The first-order chi connectivity index (χ1) is 21.1. The third kappa shape index (κ3) is 9.10. The van der Waals surface area contributed by atoms with Crippen LogP contribution in [0.4, 0.5) is 0 Å². The average molecular weight is 575 g/mol. The van der Waals surface area contributed by atoms with E-state index in [4.69, 9.17) is 18.9 Å². The van der Waals surface area contributed by atoms with Gasteiger partial charge in [-0.1, -0.05) is 84.9 Å². The van der Waals surface area contributed by atoms with Crippen molar-refractivity contribution in [3.63, 3.8) is 0 Å². The maximum atomic E-state index is 12.0. The Labute approximate surface area is 251 Å². The predicted octanol–water partition coefficient (Wildman–Crippen LogP) is 7.24. The van der Waals surface area contributed by atoms with E-state index in [1.165, 1.54) is 6.08 Å². The fraction of sp³-hybridized carbons (Fsp3) is 0.167. The summed E-state index contributed by atoms with van der Waals surface area (Å²) in [6.07, 6.45) is 4.90. The van der Waals surface area contributed by atoms with Crippen LogP contribution in [0, 0.1) is 0 Å². The van der Waals surface area contributed by atoms with Gasteiger partial charge in [0.05, 0.1) is 18.7 Å². The van der Waals surface area contributed by atoms with E-state index >= 15 is 0 Å². The van der Waals surface area contributed by atoms with Crippen molar-refractivity contribution in [3.8, 4) is 17.4 Å². The molecule has 0 N–H and O–H groups in total. The highest BCUT2D eigenvalue weighted by molar-refractivity contribution is 5.87. The summed E-state index contributed by atoms with van der Waals surface area (Å²) >= 11 is 0. The number of esters is 1. The van der Waals surface area contributed by atoms with E-state index in [-0.39, 0.29) is 0 Å². The van der Waals surface area contributed by atoms with Crippen LogP contribution in [-0.2, 0) is 35.9 Å². The Morgan fingerprint density at radius 1 is 0.674 bits per heavy atom. The van der Waals surface area contributed by atoms with Gasteiger partial charge in [-0.05, 0) is 59.5 Å². The highest BCUT2D eigenvalue weighted by Gasteiger charge is 2.11. The molecule has 0 saturated carbocycles. The minimum Gasteiger partial charge on any atom is -0.489 e. The lowest BCUT2D eigenvalue weighted by Crippen LogP contribution is -2.02. The van der Waals surface area contributed by atoms with Crippen LogP contribution in [0.15, 0.2) is 121 Å². The lowest BCUT2D eigenvalue weighted by atomic mass is 10.2. The number of benzene rings is 4. The highest BCUT2D eigenvalue weighted by atomic mass is 16.5. The SMILES string of the molecule is CCOC(=O)C=Cc1cn(Cc2ccc(OCc3ccccc3)cc2)nc1OCc1ccc(OCc2ccccc2)cc1. The van der Waals surface area contributed by atoms with E-state index in [0.29, 0.717) is 44.4 Å². The second-order valence-electron chi connectivity index (χ2n) is 9.80. The normalized spacial score (nSPS) is 10.9. The second-order valence-corrected chi connectivity index (χ2v) is 9.80. The van der Waals surface area contributed by atoms with Crippen molar-refractivity contribution in [1.82, 2.24) is 9.78 Å². The number of carbonyl (C=O) groups is 1. The Morgan fingerprint density at radius 2 is 1.19 bits per heavy atom. The number of rotatable bonds is 14. The van der Waals surface area contributed by atoms with Crippen LogP contribution in [0.3, 0.4) is 0 Å². The van der Waals surface area contributed by atoms with Gasteiger partial charge in [0.15, 0.2) is 0 Å². The lowest BCUT2D eigenvalue weighted by Gasteiger charge is -2.08. The molecule has 0 amide bonds. The van der Waals surface area contributed by atoms with Gasteiger partial charge in [0.1, 0.15) is 31.3 Å². The molecule has 7 heteroatoms. The van der Waals surface area contributed by atoms with Crippen LogP contribution in [0.5, 0.6) is 17.4 Å². The van der Waals surface area contributed by atoms with Gasteiger partial charge in [0.2, 0.25) is 5.88 Å². The fourth-order valence-electron chi connectivity index (χ4n) is 4.27. The first kappa shape index (κ1) is 29.2. The first-order valence-electron chi connectivity index (χ1n) is 14.2. The predicted molar refractivity (Wildman–Crippen MR) is 166 cm³/mol. The van der Waals surface area contributed by atoms with Crippen molar-refractivity contribution in [2.75, 3.05) is 6.61 Å². The molecule has 218 valence electrons. The molecular formula is C36H34N2O5. The Morgan fingerprint density at radius 3 is 1.74 bits per heavy atom. The molecule has 0 saturated heterocycles. The van der Waals surface area contributed by atoms with Crippen molar-refractivity contribution in [2.24, 2.45) is 0 Å². The Hall–Kier alpha value is -5.30. The van der Waals surface area contributed by atoms with Gasteiger partial charge in [-0.3, -0.25) is 4.68 Å². The summed E-state index contributed by atoms with van der Waals surface area (Å²) in [5.74, 6) is 1.59. The Kier molecular flexibility index (Phi) is 10.2. The van der Waals surface area contributed by atoms with E-state index in [1.807, 2.05) is 115 Å². The highest BCUT2D eigenvalue weighted by Crippen LogP contribution is 2.22. The molecule has 1 aromatic heterocycles. The molecule has 0 bridgehead atoms. The average Bonchev–Trinajstić information content (AvgIpc) is 3.44. The fourth-order valence-corrected chi connectivity index (χ4v) is 4.27. The summed E-state index contributed by atoms with van der Waals surface area (Å²) in [6, 6.07) is 35.8. The quantitative estimate of drug-likeness (QED) is 0.103. The van der Waals surface area contributed by atoms with E-state index in [1.54, 1.807) is 17.7 Å². The van der Waals surface area contributed by atoms with Crippen LogP contribution in [0.1, 0.15) is 34.7 Å². The Bertz CT molecular complexity index is 1600. The van der Waals surface area contributed by atoms with Gasteiger partial charge in [0, 0.05) is 12.3 Å². The van der Waals surface area contributed by atoms with Crippen molar-refractivity contribution in [1.29, 1.82) is 0 Å². The van der Waals surface area contributed by atoms with Crippen LogP contribution in [-0.4, -0.2) is 22.4 Å². The van der Waals surface area contributed by atoms with Crippen LogP contribution in [0.2, 0.25) is 0 Å². The molecule has 0 spiro atoms. The zero-order chi connectivity index (χ0) is 29.7. The van der Waals surface area contributed by atoms with Crippen molar-refractivity contribution >= 4 is 12.0 Å². The monoisotopic (exact) mass is 574 g/mol. The number of aromatic nitrogens is 2. The molecular weight excluding hydrogens is 540 g/mol. The lowest BCUT2D eigenvalue weighted by molar-refractivity contribution is -0.137. The first-order valence-corrected chi connectivity index (χ1v) is 14.2. The van der Waals surface area contributed by atoms with Gasteiger partial charge in [0.25, 0.3) is 0 Å². The zero-order valence-electron chi connectivity index (χ0n) is 24.1. The Balaban J connectivity index is 1.21. The third-order valence-electron chi connectivity index (χ3n) is 6.50. The smallest absolute Gasteiger partial charge is 0.330 e. The van der Waals surface area contributed by atoms with Crippen molar-refractivity contribution in [2.45, 2.75) is 33.3 Å². The molecule has 0 fully saturated rings. The van der Waals surface area contributed by atoms with E-state index < -0.39 is 5.97 Å². The molecule has 1 heterocycles. The van der Waals surface area contributed by atoms with Crippen LogP contribution >= 0.6 is 0 Å². The summed E-state index contributed by atoms with van der Waals surface area (Å²) in [5, 5.41) is 4.66. The topological polar surface area (TPSA) is 71.8 Å². The van der Waals surface area contributed by atoms with E-state index in [0.717, 1.165) is 33.8 Å². The molecule has 43 heavy (non-hydrogen) atoms. The number of carbonyl (C=O) groups excluding carboxylic acids is 1. The molecule has 0 aliphatic carbocycles. The standard InChI is InChI=1S/C36H34N2O5/c1-2-40-35(39)22-17-32-24-38(23-28-13-18-33(19-14-28)41-25-29-9-5-3-6-10-29)37-36(32)43-27-31-15-20-34(21-16-31)42-26-30-11-7-4-8-12-30/h3-22,24H,2,23,25-27H2,1H3. The molecule has 0 aliphatic heterocycles. The molecule has 5 aromatic rings. The summed E-state index contributed by atoms with van der Waals surface area (Å²) < 4.78 is 24.7. The van der Waals surface area contributed by atoms with Crippen LogP contribution < -0.4 is 14.2 Å². The number of ether oxygens (including phenoxy) is 4. The second kappa shape index (κ2) is 15.1. The van der Waals surface area contributed by atoms with Gasteiger partial charge in [-0.25, -0.2) is 4.79 Å². The minimum absolute atomic E-state index is 0.307. The van der Waals surface area contributed by atoms with Gasteiger partial charge >= 0.3 is 5.97 Å². The maximum Gasteiger partial charge on any atom is 0.330 e.